The third kappa shape index (κ3) is 3.20. The number of rotatable bonds is 2. The number of benzene rings is 1. The van der Waals surface area contributed by atoms with E-state index in [4.69, 9.17) is 4.74 Å². The highest BCUT2D eigenvalue weighted by Gasteiger charge is 2.28. The highest BCUT2D eigenvalue weighted by atomic mass is 79.9. The second kappa shape index (κ2) is 6.39. The van der Waals surface area contributed by atoms with Crippen LogP contribution in [0.5, 0.6) is 0 Å². The lowest BCUT2D eigenvalue weighted by Crippen LogP contribution is -2.40. The number of methoxy groups -OCH3 is 1. The molecule has 4 nitrogen and oxygen atoms in total. The Morgan fingerprint density at radius 1 is 1.30 bits per heavy atom. The number of hydrogen-bond acceptors (Lipinski definition) is 3. The monoisotopic (exact) mass is 339 g/mol. The van der Waals surface area contributed by atoms with Gasteiger partial charge in [-0.15, -0.1) is 0 Å². The first-order valence-corrected chi connectivity index (χ1v) is 7.45. The lowest BCUT2D eigenvalue weighted by molar-refractivity contribution is -0.146. The average molecular weight is 340 g/mol. The molecule has 0 atom stereocenters. The predicted octanol–water partition coefficient (Wildman–Crippen LogP) is 2.78. The maximum atomic E-state index is 12.5. The Bertz CT molecular complexity index is 522. The number of nitrogens with zero attached hydrogens (tertiary/aromatic N) is 1. The van der Waals surface area contributed by atoms with Gasteiger partial charge in [0.2, 0.25) is 0 Å². The fraction of sp³-hybridized carbons (Fsp3) is 0.467. The fourth-order valence-electron chi connectivity index (χ4n) is 2.46. The van der Waals surface area contributed by atoms with Crippen LogP contribution >= 0.6 is 15.9 Å². The summed E-state index contributed by atoms with van der Waals surface area (Å²) in [6.45, 7) is 3.16. The summed E-state index contributed by atoms with van der Waals surface area (Å²) in [7, 11) is 1.41. The molecular weight excluding hydrogens is 322 g/mol. The molecule has 5 heteroatoms. The molecule has 1 fully saturated rings. The normalized spacial score (nSPS) is 16.1. The second-order valence-electron chi connectivity index (χ2n) is 5.07. The Balaban J connectivity index is 2.05. The van der Waals surface area contributed by atoms with Crippen LogP contribution in [-0.2, 0) is 9.53 Å². The van der Waals surface area contributed by atoms with Crippen molar-refractivity contribution >= 4 is 27.8 Å². The van der Waals surface area contributed by atoms with Crippen LogP contribution in [0.4, 0.5) is 0 Å². The number of halogens is 1. The molecule has 1 aromatic rings. The van der Waals surface area contributed by atoms with Crippen molar-refractivity contribution in [1.82, 2.24) is 4.90 Å². The first kappa shape index (κ1) is 15.0. The number of piperidine rings is 1. The van der Waals surface area contributed by atoms with Gasteiger partial charge in [-0.05, 0) is 47.8 Å². The van der Waals surface area contributed by atoms with Crippen LogP contribution in [0.15, 0.2) is 22.7 Å². The number of carbonyl (C=O) groups is 2. The predicted molar refractivity (Wildman–Crippen MR) is 79.5 cm³/mol. The molecule has 0 saturated carbocycles. The standard InChI is InChI=1S/C15H18BrNO3/c1-10-3-4-13(16)12(9-10)14(18)17-7-5-11(6-8-17)15(19)20-2/h3-4,9,11H,5-8H2,1-2H3. The summed E-state index contributed by atoms with van der Waals surface area (Å²) < 4.78 is 5.56. The van der Waals surface area contributed by atoms with Crippen LogP contribution in [0.2, 0.25) is 0 Å². The SMILES string of the molecule is COC(=O)C1CCN(C(=O)c2cc(C)ccc2Br)CC1. The van der Waals surface area contributed by atoms with E-state index < -0.39 is 0 Å². The zero-order valence-corrected chi connectivity index (χ0v) is 13.3. The van der Waals surface area contributed by atoms with E-state index in [9.17, 15) is 9.59 Å². The zero-order valence-electron chi connectivity index (χ0n) is 11.7. The molecule has 2 rings (SSSR count). The Hall–Kier alpha value is -1.36. The molecule has 0 aliphatic carbocycles. The number of aryl methyl sites for hydroxylation is 1. The Morgan fingerprint density at radius 3 is 2.55 bits per heavy atom. The molecule has 0 N–H and O–H groups in total. The molecule has 1 aliphatic rings. The Kier molecular flexibility index (Phi) is 4.81. The zero-order chi connectivity index (χ0) is 14.7. The number of carbonyl (C=O) groups excluding carboxylic acids is 2. The van der Waals surface area contributed by atoms with Gasteiger partial charge in [0.25, 0.3) is 5.91 Å². The van der Waals surface area contributed by atoms with Crippen LogP contribution in [0.25, 0.3) is 0 Å². The molecule has 0 bridgehead atoms. The van der Waals surface area contributed by atoms with Crippen molar-refractivity contribution in [2.45, 2.75) is 19.8 Å². The molecule has 20 heavy (non-hydrogen) atoms. The van der Waals surface area contributed by atoms with E-state index in [1.807, 2.05) is 25.1 Å². The number of ether oxygens (including phenoxy) is 1. The van der Waals surface area contributed by atoms with Crippen molar-refractivity contribution in [3.05, 3.63) is 33.8 Å². The summed E-state index contributed by atoms with van der Waals surface area (Å²) in [6.07, 6.45) is 1.34. The minimum atomic E-state index is -0.172. The molecule has 0 spiro atoms. The maximum Gasteiger partial charge on any atom is 0.308 e. The molecule has 0 aromatic heterocycles. The quantitative estimate of drug-likeness (QED) is 0.778. The Morgan fingerprint density at radius 2 is 1.95 bits per heavy atom. The van der Waals surface area contributed by atoms with E-state index in [0.717, 1.165) is 10.0 Å². The topological polar surface area (TPSA) is 46.6 Å². The number of hydrogen-bond donors (Lipinski definition) is 0. The van der Waals surface area contributed by atoms with Crippen molar-refractivity contribution in [3.63, 3.8) is 0 Å². The largest absolute Gasteiger partial charge is 0.469 e. The van der Waals surface area contributed by atoms with Crippen LogP contribution in [0.1, 0.15) is 28.8 Å². The van der Waals surface area contributed by atoms with Gasteiger partial charge in [-0.2, -0.15) is 0 Å². The van der Waals surface area contributed by atoms with E-state index in [0.29, 0.717) is 31.5 Å². The third-order valence-electron chi connectivity index (χ3n) is 3.67. The number of amides is 1. The molecule has 1 aliphatic heterocycles. The van der Waals surface area contributed by atoms with Crippen LogP contribution in [-0.4, -0.2) is 37.0 Å². The summed E-state index contributed by atoms with van der Waals surface area (Å²) in [5.74, 6) is -0.234. The fourth-order valence-corrected chi connectivity index (χ4v) is 2.87. The van der Waals surface area contributed by atoms with Gasteiger partial charge >= 0.3 is 5.97 Å². The molecule has 0 radical (unpaired) electrons. The minimum absolute atomic E-state index is 0.0175. The first-order chi connectivity index (χ1) is 9.52. The summed E-state index contributed by atoms with van der Waals surface area (Å²) in [6, 6.07) is 5.74. The van der Waals surface area contributed by atoms with Gasteiger partial charge in [-0.1, -0.05) is 11.6 Å². The van der Waals surface area contributed by atoms with Gasteiger partial charge in [-0.3, -0.25) is 9.59 Å². The van der Waals surface area contributed by atoms with Crippen molar-refractivity contribution in [1.29, 1.82) is 0 Å². The number of esters is 1. The second-order valence-corrected chi connectivity index (χ2v) is 5.93. The van der Waals surface area contributed by atoms with Gasteiger partial charge < -0.3 is 9.64 Å². The van der Waals surface area contributed by atoms with Gasteiger partial charge in [0.05, 0.1) is 18.6 Å². The molecular formula is C15H18BrNO3. The lowest BCUT2D eigenvalue weighted by atomic mass is 9.96. The van der Waals surface area contributed by atoms with Crippen LogP contribution in [0, 0.1) is 12.8 Å². The summed E-state index contributed by atoms with van der Waals surface area (Å²) in [4.78, 5) is 25.8. The van der Waals surface area contributed by atoms with E-state index in [1.165, 1.54) is 7.11 Å². The molecule has 1 saturated heterocycles. The highest BCUT2D eigenvalue weighted by Crippen LogP contribution is 2.24. The van der Waals surface area contributed by atoms with Crippen LogP contribution < -0.4 is 0 Å². The van der Waals surface area contributed by atoms with Crippen molar-refractivity contribution in [2.24, 2.45) is 5.92 Å². The van der Waals surface area contributed by atoms with Gasteiger partial charge in [0.1, 0.15) is 0 Å². The van der Waals surface area contributed by atoms with E-state index in [2.05, 4.69) is 15.9 Å². The molecule has 108 valence electrons. The van der Waals surface area contributed by atoms with E-state index >= 15 is 0 Å². The Labute approximate surface area is 127 Å². The smallest absolute Gasteiger partial charge is 0.308 e. The summed E-state index contributed by atoms with van der Waals surface area (Å²) in [5, 5.41) is 0. The summed E-state index contributed by atoms with van der Waals surface area (Å²) >= 11 is 3.42. The van der Waals surface area contributed by atoms with Crippen molar-refractivity contribution in [2.75, 3.05) is 20.2 Å². The minimum Gasteiger partial charge on any atom is -0.469 e. The van der Waals surface area contributed by atoms with Gasteiger partial charge in [0.15, 0.2) is 0 Å². The van der Waals surface area contributed by atoms with Gasteiger partial charge in [-0.25, -0.2) is 0 Å². The van der Waals surface area contributed by atoms with E-state index in [-0.39, 0.29) is 17.8 Å². The maximum absolute atomic E-state index is 12.5. The third-order valence-corrected chi connectivity index (χ3v) is 4.36. The molecule has 1 heterocycles. The molecule has 1 amide bonds. The summed E-state index contributed by atoms with van der Waals surface area (Å²) in [5.41, 5.74) is 1.74. The van der Waals surface area contributed by atoms with E-state index in [1.54, 1.807) is 4.90 Å². The lowest BCUT2D eigenvalue weighted by Gasteiger charge is -2.31. The van der Waals surface area contributed by atoms with Crippen molar-refractivity contribution < 1.29 is 14.3 Å². The van der Waals surface area contributed by atoms with Crippen molar-refractivity contribution in [3.8, 4) is 0 Å². The van der Waals surface area contributed by atoms with Gasteiger partial charge in [0, 0.05) is 17.6 Å². The highest BCUT2D eigenvalue weighted by molar-refractivity contribution is 9.10. The molecule has 0 unspecified atom stereocenters. The molecule has 1 aromatic carbocycles. The number of likely N-dealkylation sites (tertiary alicyclic amines) is 1. The first-order valence-electron chi connectivity index (χ1n) is 6.66. The average Bonchev–Trinajstić information content (AvgIpc) is 2.48. The van der Waals surface area contributed by atoms with Crippen LogP contribution in [0.3, 0.4) is 0 Å².